The summed E-state index contributed by atoms with van der Waals surface area (Å²) in [6, 6.07) is 19.0. The molecule has 140 valence electrons. The maximum Gasteiger partial charge on any atom is 0.269 e. The van der Waals surface area contributed by atoms with E-state index in [4.69, 9.17) is 0 Å². The van der Waals surface area contributed by atoms with Gasteiger partial charge in [-0.25, -0.2) is 26.2 Å². The highest BCUT2D eigenvalue weighted by Gasteiger charge is 2.24. The summed E-state index contributed by atoms with van der Waals surface area (Å²) in [5.74, 6) is -0.854. The van der Waals surface area contributed by atoms with E-state index in [1.54, 1.807) is 18.2 Å². The van der Waals surface area contributed by atoms with Gasteiger partial charge in [0.25, 0.3) is 10.0 Å². The second-order valence-corrected chi connectivity index (χ2v) is 7.88. The van der Waals surface area contributed by atoms with Crippen molar-refractivity contribution in [3.05, 3.63) is 96.8 Å². The van der Waals surface area contributed by atoms with Crippen LogP contribution in [0.2, 0.25) is 0 Å². The Balaban J connectivity index is 1.97. The number of aromatic nitrogens is 2. The molecule has 3 aromatic carbocycles. The topological polar surface area (TPSA) is 52.0 Å². The zero-order valence-electron chi connectivity index (χ0n) is 14.5. The molecule has 0 fully saturated rings. The minimum absolute atomic E-state index is 0.0985. The van der Waals surface area contributed by atoms with Crippen molar-refractivity contribution in [1.29, 1.82) is 0 Å². The third-order valence-corrected chi connectivity index (χ3v) is 5.93. The van der Waals surface area contributed by atoms with Crippen LogP contribution < -0.4 is 0 Å². The van der Waals surface area contributed by atoms with Gasteiger partial charge in [0.15, 0.2) is 0 Å². The van der Waals surface area contributed by atoms with Crippen molar-refractivity contribution in [2.45, 2.75) is 4.90 Å². The van der Waals surface area contributed by atoms with E-state index in [1.807, 2.05) is 0 Å². The maximum atomic E-state index is 13.4. The lowest BCUT2D eigenvalue weighted by Crippen LogP contribution is -2.13. The molecule has 0 aliphatic rings. The Morgan fingerprint density at radius 2 is 1.25 bits per heavy atom. The van der Waals surface area contributed by atoms with Crippen molar-refractivity contribution in [3.63, 3.8) is 0 Å². The molecule has 0 N–H and O–H groups in total. The van der Waals surface area contributed by atoms with Gasteiger partial charge in [0.1, 0.15) is 18.0 Å². The lowest BCUT2D eigenvalue weighted by atomic mass is 10.1. The van der Waals surface area contributed by atoms with Gasteiger partial charge in [0.05, 0.1) is 16.3 Å². The average Bonchev–Trinajstić information content (AvgIpc) is 3.16. The van der Waals surface area contributed by atoms with Crippen LogP contribution in [0.5, 0.6) is 0 Å². The number of rotatable bonds is 4. The molecule has 0 saturated heterocycles. The molecule has 1 aromatic heterocycles. The maximum absolute atomic E-state index is 13.4. The summed E-state index contributed by atoms with van der Waals surface area (Å²) in [5.41, 5.74) is 1.64. The molecule has 0 bridgehead atoms. The molecule has 0 unspecified atom stereocenters. The minimum Gasteiger partial charge on any atom is -0.235 e. The third kappa shape index (κ3) is 3.20. The van der Waals surface area contributed by atoms with Gasteiger partial charge in [-0.2, -0.15) is 0 Å². The lowest BCUT2D eigenvalue weighted by Gasteiger charge is -2.12. The standard InChI is InChI=1S/C21H14F2N2O2S/c22-17-10-6-15(7-11-17)20-21(16-8-12-18(23)13-9-16)25(14-24-20)28(26,27)19-4-2-1-3-5-19/h1-14H. The molecule has 7 heteroatoms. The number of hydrogen-bond donors (Lipinski definition) is 0. The summed E-state index contributed by atoms with van der Waals surface area (Å²) >= 11 is 0. The predicted octanol–water partition coefficient (Wildman–Crippen LogP) is 4.73. The Labute approximate surface area is 160 Å². The molecule has 0 spiro atoms. The van der Waals surface area contributed by atoms with Gasteiger partial charge in [-0.1, -0.05) is 18.2 Å². The molecule has 0 amide bonds. The van der Waals surface area contributed by atoms with E-state index in [1.165, 1.54) is 67.0 Å². The van der Waals surface area contributed by atoms with Crippen molar-refractivity contribution < 1.29 is 17.2 Å². The summed E-state index contributed by atoms with van der Waals surface area (Å²) < 4.78 is 54.2. The lowest BCUT2D eigenvalue weighted by molar-refractivity contribution is 0.587. The first-order valence-corrected chi connectivity index (χ1v) is 9.81. The van der Waals surface area contributed by atoms with Crippen LogP contribution >= 0.6 is 0 Å². The van der Waals surface area contributed by atoms with Crippen LogP contribution in [0, 0.1) is 11.6 Å². The van der Waals surface area contributed by atoms with Crippen LogP contribution in [-0.2, 0) is 10.0 Å². The van der Waals surface area contributed by atoms with Crippen LogP contribution in [0.15, 0.2) is 90.1 Å². The van der Waals surface area contributed by atoms with E-state index in [0.717, 1.165) is 3.97 Å². The molecule has 0 aliphatic heterocycles. The number of imidazole rings is 1. The Kier molecular flexibility index (Phi) is 4.52. The van der Waals surface area contributed by atoms with Gasteiger partial charge >= 0.3 is 0 Å². The first-order chi connectivity index (χ1) is 13.5. The zero-order chi connectivity index (χ0) is 19.7. The highest BCUT2D eigenvalue weighted by atomic mass is 32.2. The largest absolute Gasteiger partial charge is 0.269 e. The fourth-order valence-electron chi connectivity index (χ4n) is 2.91. The summed E-state index contributed by atoms with van der Waals surface area (Å²) in [7, 11) is -3.94. The van der Waals surface area contributed by atoms with Crippen molar-refractivity contribution >= 4 is 10.0 Å². The van der Waals surface area contributed by atoms with Gasteiger partial charge in [-0.05, 0) is 60.7 Å². The summed E-state index contributed by atoms with van der Waals surface area (Å²) in [6.45, 7) is 0. The molecule has 0 aliphatic carbocycles. The average molecular weight is 396 g/mol. The predicted molar refractivity (Wildman–Crippen MR) is 102 cm³/mol. The van der Waals surface area contributed by atoms with E-state index in [-0.39, 0.29) is 10.6 Å². The molecule has 4 nitrogen and oxygen atoms in total. The molecule has 0 saturated carbocycles. The van der Waals surface area contributed by atoms with Crippen LogP contribution in [0.4, 0.5) is 8.78 Å². The number of halogens is 2. The number of hydrogen-bond acceptors (Lipinski definition) is 3. The van der Waals surface area contributed by atoms with Crippen LogP contribution in [0.3, 0.4) is 0 Å². The van der Waals surface area contributed by atoms with Crippen molar-refractivity contribution in [2.75, 3.05) is 0 Å². The van der Waals surface area contributed by atoms with Gasteiger partial charge in [0.2, 0.25) is 0 Å². The first-order valence-electron chi connectivity index (χ1n) is 8.37. The summed E-state index contributed by atoms with van der Waals surface area (Å²) in [4.78, 5) is 4.37. The van der Waals surface area contributed by atoms with Gasteiger partial charge in [0, 0.05) is 11.1 Å². The van der Waals surface area contributed by atoms with E-state index < -0.39 is 21.7 Å². The second kappa shape index (κ2) is 7.01. The molecular formula is C21H14F2N2O2S. The van der Waals surface area contributed by atoms with Crippen molar-refractivity contribution in [3.8, 4) is 22.5 Å². The van der Waals surface area contributed by atoms with E-state index >= 15 is 0 Å². The summed E-state index contributed by atoms with van der Waals surface area (Å²) in [5, 5.41) is 0. The zero-order valence-corrected chi connectivity index (χ0v) is 15.3. The number of benzene rings is 3. The molecule has 4 aromatic rings. The quantitative estimate of drug-likeness (QED) is 0.501. The smallest absolute Gasteiger partial charge is 0.235 e. The van der Waals surface area contributed by atoms with Crippen molar-refractivity contribution in [1.82, 2.24) is 8.96 Å². The highest BCUT2D eigenvalue weighted by molar-refractivity contribution is 7.90. The van der Waals surface area contributed by atoms with E-state index in [9.17, 15) is 17.2 Å². The Morgan fingerprint density at radius 1 is 0.714 bits per heavy atom. The SMILES string of the molecule is O=S(=O)(c1ccccc1)n1cnc(-c2ccc(F)cc2)c1-c1ccc(F)cc1. The van der Waals surface area contributed by atoms with E-state index in [0.29, 0.717) is 16.8 Å². The molecule has 4 rings (SSSR count). The van der Waals surface area contributed by atoms with Gasteiger partial charge in [-0.15, -0.1) is 0 Å². The summed E-state index contributed by atoms with van der Waals surface area (Å²) in [6.07, 6.45) is 1.21. The normalized spacial score (nSPS) is 11.5. The Hall–Kier alpha value is -3.32. The fraction of sp³-hybridized carbons (Fsp3) is 0. The van der Waals surface area contributed by atoms with Crippen LogP contribution in [0.1, 0.15) is 0 Å². The fourth-order valence-corrected chi connectivity index (χ4v) is 4.24. The molecule has 1 heterocycles. The molecule has 28 heavy (non-hydrogen) atoms. The first kappa shape index (κ1) is 18.1. The minimum atomic E-state index is -3.94. The second-order valence-electron chi connectivity index (χ2n) is 6.07. The Bertz CT molecular complexity index is 1220. The monoisotopic (exact) mass is 396 g/mol. The third-order valence-electron chi connectivity index (χ3n) is 4.27. The van der Waals surface area contributed by atoms with Gasteiger partial charge in [-0.3, -0.25) is 0 Å². The highest BCUT2D eigenvalue weighted by Crippen LogP contribution is 2.33. The van der Waals surface area contributed by atoms with Gasteiger partial charge < -0.3 is 0 Å². The number of nitrogens with zero attached hydrogens (tertiary/aromatic N) is 2. The molecule has 0 atom stereocenters. The van der Waals surface area contributed by atoms with Crippen LogP contribution in [0.25, 0.3) is 22.5 Å². The van der Waals surface area contributed by atoms with E-state index in [2.05, 4.69) is 4.98 Å². The van der Waals surface area contributed by atoms with Crippen molar-refractivity contribution in [2.24, 2.45) is 0 Å². The van der Waals surface area contributed by atoms with Crippen LogP contribution in [-0.4, -0.2) is 17.4 Å². The Morgan fingerprint density at radius 3 is 1.82 bits per heavy atom. The molecule has 0 radical (unpaired) electrons. The molecular weight excluding hydrogens is 382 g/mol.